The number of hydrogen-bond acceptors (Lipinski definition) is 2. The van der Waals surface area contributed by atoms with Crippen molar-refractivity contribution in [3.63, 3.8) is 0 Å². The van der Waals surface area contributed by atoms with E-state index < -0.39 is 5.97 Å². The molecule has 0 radical (unpaired) electrons. The molecule has 1 N–H and O–H groups in total. The molecule has 3 heteroatoms. The molecule has 2 rings (SSSR count). The van der Waals surface area contributed by atoms with Gasteiger partial charge in [-0.3, -0.25) is 0 Å². The van der Waals surface area contributed by atoms with E-state index >= 15 is 0 Å². The van der Waals surface area contributed by atoms with E-state index in [1.54, 1.807) is 6.08 Å². The molecule has 2 nitrogen and oxygen atoms in total. The van der Waals surface area contributed by atoms with Gasteiger partial charge < -0.3 is 5.11 Å². The van der Waals surface area contributed by atoms with Crippen molar-refractivity contribution in [3.8, 4) is 0 Å². The zero-order valence-electron chi connectivity index (χ0n) is 10.1. The number of rotatable bonds is 4. The largest absolute Gasteiger partial charge is 0.478 e. The monoisotopic (exact) mass is 258 g/mol. The first-order chi connectivity index (χ1) is 8.70. The van der Waals surface area contributed by atoms with E-state index in [4.69, 9.17) is 0 Å². The van der Waals surface area contributed by atoms with Crippen LogP contribution in [0.5, 0.6) is 0 Å². The van der Waals surface area contributed by atoms with Gasteiger partial charge >= 0.3 is 5.97 Å². The fourth-order valence-corrected chi connectivity index (χ4v) is 2.42. The Balaban J connectivity index is 2.36. The highest BCUT2D eigenvalue weighted by molar-refractivity contribution is 7.11. The highest BCUT2D eigenvalue weighted by Gasteiger charge is 2.11. The summed E-state index contributed by atoms with van der Waals surface area (Å²) in [5.74, 6) is -0.892. The zero-order chi connectivity index (χ0) is 13.0. The Morgan fingerprint density at radius 2 is 2.00 bits per heavy atom. The van der Waals surface area contributed by atoms with Crippen LogP contribution in [0.1, 0.15) is 22.9 Å². The van der Waals surface area contributed by atoms with Crippen molar-refractivity contribution in [2.24, 2.45) is 0 Å². The second-order valence-corrected chi connectivity index (χ2v) is 4.88. The number of aryl methyl sites for hydroxylation is 1. The van der Waals surface area contributed by atoms with Crippen molar-refractivity contribution < 1.29 is 9.90 Å². The van der Waals surface area contributed by atoms with Gasteiger partial charge in [0.1, 0.15) is 0 Å². The number of hydrogen-bond donors (Lipinski definition) is 1. The SMILES string of the molecule is CCc1ccc(/C=C(/C(=O)O)c2cccs2)cc1. The topological polar surface area (TPSA) is 37.3 Å². The molecule has 18 heavy (non-hydrogen) atoms. The standard InChI is InChI=1S/C15H14O2S/c1-2-11-5-7-12(8-6-11)10-13(15(16)17)14-4-3-9-18-14/h3-10H,2H2,1H3,(H,16,17)/b13-10+. The second kappa shape index (κ2) is 5.65. The first kappa shape index (κ1) is 12.6. The average Bonchev–Trinajstić information content (AvgIpc) is 2.90. The van der Waals surface area contributed by atoms with Gasteiger partial charge in [-0.15, -0.1) is 11.3 Å². The minimum absolute atomic E-state index is 0.342. The molecule has 1 heterocycles. The number of thiophene rings is 1. The Bertz CT molecular complexity index is 551. The summed E-state index contributed by atoms with van der Waals surface area (Å²) in [6.07, 6.45) is 2.70. The lowest BCUT2D eigenvalue weighted by Crippen LogP contribution is -1.97. The molecule has 0 aliphatic rings. The molecule has 0 bridgehead atoms. The summed E-state index contributed by atoms with van der Waals surface area (Å²) in [6, 6.07) is 11.6. The van der Waals surface area contributed by atoms with E-state index in [-0.39, 0.29) is 0 Å². The van der Waals surface area contributed by atoms with E-state index in [1.165, 1.54) is 16.9 Å². The summed E-state index contributed by atoms with van der Waals surface area (Å²) in [5.41, 5.74) is 2.51. The summed E-state index contributed by atoms with van der Waals surface area (Å²) >= 11 is 1.44. The minimum Gasteiger partial charge on any atom is -0.478 e. The highest BCUT2D eigenvalue weighted by atomic mass is 32.1. The molecule has 0 spiro atoms. The van der Waals surface area contributed by atoms with Gasteiger partial charge in [-0.1, -0.05) is 37.3 Å². The molecule has 0 fully saturated rings. The van der Waals surface area contributed by atoms with E-state index in [0.29, 0.717) is 5.57 Å². The van der Waals surface area contributed by atoms with Gasteiger partial charge in [-0.05, 0) is 35.1 Å². The minimum atomic E-state index is -0.892. The van der Waals surface area contributed by atoms with E-state index in [0.717, 1.165) is 16.9 Å². The Morgan fingerprint density at radius 1 is 1.28 bits per heavy atom. The van der Waals surface area contributed by atoms with Gasteiger partial charge in [-0.2, -0.15) is 0 Å². The maximum absolute atomic E-state index is 11.3. The van der Waals surface area contributed by atoms with Crippen molar-refractivity contribution in [2.75, 3.05) is 0 Å². The van der Waals surface area contributed by atoms with Crippen molar-refractivity contribution in [1.29, 1.82) is 0 Å². The van der Waals surface area contributed by atoms with Crippen LogP contribution in [-0.4, -0.2) is 11.1 Å². The quantitative estimate of drug-likeness (QED) is 0.843. The van der Waals surface area contributed by atoms with Gasteiger partial charge in [-0.25, -0.2) is 4.79 Å². The average molecular weight is 258 g/mol. The molecular weight excluding hydrogens is 244 g/mol. The van der Waals surface area contributed by atoms with Crippen LogP contribution >= 0.6 is 11.3 Å². The molecule has 0 saturated carbocycles. The summed E-state index contributed by atoms with van der Waals surface area (Å²) < 4.78 is 0. The maximum Gasteiger partial charge on any atom is 0.337 e. The molecule has 0 saturated heterocycles. The van der Waals surface area contributed by atoms with Crippen LogP contribution in [-0.2, 0) is 11.2 Å². The molecule has 1 aromatic heterocycles. The number of carboxylic acid groups (broad SMARTS) is 1. The summed E-state index contributed by atoms with van der Waals surface area (Å²) in [6.45, 7) is 2.10. The molecule has 1 aromatic carbocycles. The smallest absolute Gasteiger partial charge is 0.337 e. The van der Waals surface area contributed by atoms with Gasteiger partial charge in [0.2, 0.25) is 0 Å². The van der Waals surface area contributed by atoms with Crippen LogP contribution in [0.4, 0.5) is 0 Å². The molecular formula is C15H14O2S. The van der Waals surface area contributed by atoms with Crippen molar-refractivity contribution >= 4 is 29.0 Å². The maximum atomic E-state index is 11.3. The first-order valence-corrected chi connectivity index (χ1v) is 6.66. The molecule has 2 aromatic rings. The molecule has 0 unspecified atom stereocenters. The third-order valence-corrected chi connectivity index (χ3v) is 3.62. The summed E-state index contributed by atoms with van der Waals surface area (Å²) in [7, 11) is 0. The predicted molar refractivity (Wildman–Crippen MR) is 75.6 cm³/mol. The normalized spacial score (nSPS) is 11.5. The third kappa shape index (κ3) is 2.87. The van der Waals surface area contributed by atoms with Crippen LogP contribution in [0, 0.1) is 0 Å². The molecule has 0 atom stereocenters. The predicted octanol–water partition coefficient (Wildman–Crippen LogP) is 3.94. The summed E-state index contributed by atoms with van der Waals surface area (Å²) in [5, 5.41) is 11.1. The van der Waals surface area contributed by atoms with Crippen LogP contribution in [0.15, 0.2) is 41.8 Å². The number of carboxylic acids is 1. The number of carbonyl (C=O) groups is 1. The fraction of sp³-hybridized carbons (Fsp3) is 0.133. The van der Waals surface area contributed by atoms with Crippen molar-refractivity contribution in [1.82, 2.24) is 0 Å². The molecule has 0 aliphatic heterocycles. The highest BCUT2D eigenvalue weighted by Crippen LogP contribution is 2.23. The van der Waals surface area contributed by atoms with E-state index in [9.17, 15) is 9.90 Å². The third-order valence-electron chi connectivity index (χ3n) is 2.72. The van der Waals surface area contributed by atoms with Gasteiger partial charge in [0, 0.05) is 4.88 Å². The van der Waals surface area contributed by atoms with Crippen LogP contribution in [0.25, 0.3) is 11.6 Å². The zero-order valence-corrected chi connectivity index (χ0v) is 10.9. The first-order valence-electron chi connectivity index (χ1n) is 5.78. The fourth-order valence-electron chi connectivity index (χ4n) is 1.69. The van der Waals surface area contributed by atoms with Gasteiger partial charge in [0.15, 0.2) is 0 Å². The molecule has 92 valence electrons. The van der Waals surface area contributed by atoms with E-state index in [1.807, 2.05) is 41.8 Å². The number of aliphatic carboxylic acids is 1. The van der Waals surface area contributed by atoms with Gasteiger partial charge in [0.25, 0.3) is 0 Å². The number of benzene rings is 1. The van der Waals surface area contributed by atoms with Gasteiger partial charge in [0.05, 0.1) is 5.57 Å². The summed E-state index contributed by atoms with van der Waals surface area (Å²) in [4.78, 5) is 12.0. The Morgan fingerprint density at radius 3 is 2.50 bits per heavy atom. The van der Waals surface area contributed by atoms with Crippen LogP contribution < -0.4 is 0 Å². The Kier molecular flexibility index (Phi) is 3.95. The van der Waals surface area contributed by atoms with Crippen molar-refractivity contribution in [2.45, 2.75) is 13.3 Å². The van der Waals surface area contributed by atoms with Crippen LogP contribution in [0.2, 0.25) is 0 Å². The van der Waals surface area contributed by atoms with Crippen molar-refractivity contribution in [3.05, 3.63) is 57.8 Å². The molecule has 0 aliphatic carbocycles. The lowest BCUT2D eigenvalue weighted by Gasteiger charge is -2.01. The lowest BCUT2D eigenvalue weighted by molar-refractivity contribution is -0.130. The van der Waals surface area contributed by atoms with Crippen LogP contribution in [0.3, 0.4) is 0 Å². The van der Waals surface area contributed by atoms with E-state index in [2.05, 4.69) is 6.92 Å². The Hall–Kier alpha value is -1.87. The molecule has 0 amide bonds. The second-order valence-electron chi connectivity index (χ2n) is 3.94. The Labute approximate surface area is 110 Å². The lowest BCUT2D eigenvalue weighted by atomic mass is 10.1.